The Morgan fingerprint density at radius 2 is 1.88 bits per heavy atom. The highest BCUT2D eigenvalue weighted by molar-refractivity contribution is 5.65. The quantitative estimate of drug-likeness (QED) is 0.652. The summed E-state index contributed by atoms with van der Waals surface area (Å²) >= 11 is 0. The summed E-state index contributed by atoms with van der Waals surface area (Å²) in [5, 5.41) is 9.02. The van der Waals surface area contributed by atoms with E-state index in [-0.39, 0.29) is 5.54 Å². The van der Waals surface area contributed by atoms with Gasteiger partial charge in [0.15, 0.2) is 0 Å². The first-order valence-electron chi connectivity index (χ1n) is 5.68. The molecule has 0 spiro atoms. The molecule has 96 valence electrons. The predicted octanol–water partition coefficient (Wildman–Crippen LogP) is 1.52. The molecule has 0 aromatic heterocycles. The minimum absolute atomic E-state index is 0.358. The first kappa shape index (κ1) is 15.2. The molecule has 1 amide bonds. The van der Waals surface area contributed by atoms with Crippen molar-refractivity contribution in [1.82, 2.24) is 4.90 Å². The normalized spacial score (nSPS) is 11.5. The standard InChI is InChI=1S/C11H24N2O3/c1-11(2,3)13(10(14)15)7-5-9-16-8-4-6-12/h4-9,12H2,1-3H3,(H,14,15). The number of carbonyl (C=O) groups is 1. The molecule has 0 aromatic carbocycles. The summed E-state index contributed by atoms with van der Waals surface area (Å²) in [7, 11) is 0. The second-order valence-electron chi connectivity index (χ2n) is 4.71. The summed E-state index contributed by atoms with van der Waals surface area (Å²) in [5.74, 6) is 0. The van der Waals surface area contributed by atoms with E-state index in [2.05, 4.69) is 0 Å². The molecule has 16 heavy (non-hydrogen) atoms. The van der Waals surface area contributed by atoms with Crippen molar-refractivity contribution < 1.29 is 14.6 Å². The highest BCUT2D eigenvalue weighted by Gasteiger charge is 2.25. The Morgan fingerprint density at radius 3 is 2.31 bits per heavy atom. The van der Waals surface area contributed by atoms with E-state index >= 15 is 0 Å². The van der Waals surface area contributed by atoms with Crippen molar-refractivity contribution in [1.29, 1.82) is 0 Å². The molecule has 0 aliphatic rings. The van der Waals surface area contributed by atoms with Crippen LogP contribution in [0, 0.1) is 0 Å². The van der Waals surface area contributed by atoms with Gasteiger partial charge in [0.1, 0.15) is 0 Å². The number of nitrogens with zero attached hydrogens (tertiary/aromatic N) is 1. The summed E-state index contributed by atoms with van der Waals surface area (Å²) in [6.45, 7) is 8.02. The maximum Gasteiger partial charge on any atom is 0.407 e. The van der Waals surface area contributed by atoms with Crippen molar-refractivity contribution in [3.05, 3.63) is 0 Å². The lowest BCUT2D eigenvalue weighted by Crippen LogP contribution is -2.45. The van der Waals surface area contributed by atoms with Crippen molar-refractivity contribution in [3.63, 3.8) is 0 Å². The lowest BCUT2D eigenvalue weighted by molar-refractivity contribution is 0.0823. The topological polar surface area (TPSA) is 75.8 Å². The molecular weight excluding hydrogens is 208 g/mol. The fourth-order valence-electron chi connectivity index (χ4n) is 1.33. The summed E-state index contributed by atoms with van der Waals surface area (Å²) in [5.41, 5.74) is 4.96. The summed E-state index contributed by atoms with van der Waals surface area (Å²) < 4.78 is 5.32. The monoisotopic (exact) mass is 232 g/mol. The van der Waals surface area contributed by atoms with E-state index in [0.717, 1.165) is 6.42 Å². The van der Waals surface area contributed by atoms with E-state index in [9.17, 15) is 4.79 Å². The Morgan fingerprint density at radius 1 is 1.31 bits per heavy atom. The second-order valence-corrected chi connectivity index (χ2v) is 4.71. The summed E-state index contributed by atoms with van der Waals surface area (Å²) in [6, 6.07) is 0. The van der Waals surface area contributed by atoms with Crippen molar-refractivity contribution in [2.45, 2.75) is 39.2 Å². The van der Waals surface area contributed by atoms with Crippen LogP contribution in [0.3, 0.4) is 0 Å². The molecule has 0 bridgehead atoms. The molecule has 0 aromatic rings. The van der Waals surface area contributed by atoms with E-state index in [0.29, 0.717) is 32.7 Å². The molecular formula is C11H24N2O3. The van der Waals surface area contributed by atoms with Crippen molar-refractivity contribution in [2.75, 3.05) is 26.3 Å². The van der Waals surface area contributed by atoms with Crippen LogP contribution in [0.25, 0.3) is 0 Å². The van der Waals surface area contributed by atoms with E-state index in [1.807, 2.05) is 20.8 Å². The van der Waals surface area contributed by atoms with Crippen LogP contribution in [0.2, 0.25) is 0 Å². The first-order valence-corrected chi connectivity index (χ1v) is 5.68. The Hall–Kier alpha value is -0.810. The zero-order valence-corrected chi connectivity index (χ0v) is 10.5. The molecule has 3 N–H and O–H groups in total. The maximum atomic E-state index is 11.0. The van der Waals surface area contributed by atoms with Crippen LogP contribution in [0.5, 0.6) is 0 Å². The number of amides is 1. The zero-order chi connectivity index (χ0) is 12.6. The van der Waals surface area contributed by atoms with Gasteiger partial charge < -0.3 is 20.5 Å². The number of carboxylic acid groups (broad SMARTS) is 1. The fourth-order valence-corrected chi connectivity index (χ4v) is 1.33. The molecule has 0 atom stereocenters. The fraction of sp³-hybridized carbons (Fsp3) is 0.909. The van der Waals surface area contributed by atoms with E-state index in [1.54, 1.807) is 0 Å². The molecule has 0 fully saturated rings. The van der Waals surface area contributed by atoms with Crippen LogP contribution < -0.4 is 5.73 Å². The van der Waals surface area contributed by atoms with Gasteiger partial charge in [-0.2, -0.15) is 0 Å². The second kappa shape index (κ2) is 7.46. The van der Waals surface area contributed by atoms with Crippen LogP contribution in [-0.2, 0) is 4.74 Å². The van der Waals surface area contributed by atoms with Gasteiger partial charge in [-0.1, -0.05) is 0 Å². The first-order chi connectivity index (χ1) is 7.39. The number of hydrogen-bond acceptors (Lipinski definition) is 3. The zero-order valence-electron chi connectivity index (χ0n) is 10.5. The van der Waals surface area contributed by atoms with Gasteiger partial charge in [0, 0.05) is 25.3 Å². The Kier molecular flexibility index (Phi) is 7.08. The molecule has 5 nitrogen and oxygen atoms in total. The molecule has 0 saturated heterocycles. The molecule has 0 unspecified atom stereocenters. The van der Waals surface area contributed by atoms with Gasteiger partial charge >= 0.3 is 6.09 Å². The third kappa shape index (κ3) is 6.63. The van der Waals surface area contributed by atoms with Crippen molar-refractivity contribution >= 4 is 6.09 Å². The van der Waals surface area contributed by atoms with Gasteiger partial charge in [-0.25, -0.2) is 4.79 Å². The van der Waals surface area contributed by atoms with Gasteiger partial charge in [-0.3, -0.25) is 0 Å². The third-order valence-corrected chi connectivity index (χ3v) is 2.20. The molecule has 0 rings (SSSR count). The Bertz CT molecular complexity index is 202. The molecule has 0 aliphatic carbocycles. The molecule has 0 aliphatic heterocycles. The molecule has 0 heterocycles. The highest BCUT2D eigenvalue weighted by Crippen LogP contribution is 2.13. The molecule has 5 heteroatoms. The van der Waals surface area contributed by atoms with E-state index in [1.165, 1.54) is 4.90 Å². The predicted molar refractivity (Wildman–Crippen MR) is 63.6 cm³/mol. The lowest BCUT2D eigenvalue weighted by Gasteiger charge is -2.33. The number of nitrogens with two attached hydrogens (primary N) is 1. The number of ether oxygens (including phenoxy) is 1. The van der Waals surface area contributed by atoms with Crippen molar-refractivity contribution in [3.8, 4) is 0 Å². The number of hydrogen-bond donors (Lipinski definition) is 2. The van der Waals surface area contributed by atoms with Gasteiger partial charge in [0.2, 0.25) is 0 Å². The van der Waals surface area contributed by atoms with Gasteiger partial charge in [0.25, 0.3) is 0 Å². The minimum atomic E-state index is -0.880. The number of rotatable bonds is 7. The van der Waals surface area contributed by atoms with Gasteiger partial charge in [-0.05, 0) is 40.2 Å². The lowest BCUT2D eigenvalue weighted by atomic mass is 10.1. The van der Waals surface area contributed by atoms with E-state index in [4.69, 9.17) is 15.6 Å². The van der Waals surface area contributed by atoms with Crippen LogP contribution in [-0.4, -0.2) is 47.9 Å². The minimum Gasteiger partial charge on any atom is -0.465 e. The average Bonchev–Trinajstić information content (AvgIpc) is 2.13. The van der Waals surface area contributed by atoms with Crippen LogP contribution in [0.4, 0.5) is 4.79 Å². The van der Waals surface area contributed by atoms with Gasteiger partial charge in [0.05, 0.1) is 0 Å². The average molecular weight is 232 g/mol. The van der Waals surface area contributed by atoms with Crippen LogP contribution in [0.15, 0.2) is 0 Å². The molecule has 0 saturated carbocycles. The molecule has 0 radical (unpaired) electrons. The summed E-state index contributed by atoms with van der Waals surface area (Å²) in [4.78, 5) is 12.4. The van der Waals surface area contributed by atoms with Crippen LogP contribution in [0.1, 0.15) is 33.6 Å². The highest BCUT2D eigenvalue weighted by atomic mass is 16.5. The smallest absolute Gasteiger partial charge is 0.407 e. The summed E-state index contributed by atoms with van der Waals surface area (Å²) in [6.07, 6.45) is 0.685. The third-order valence-electron chi connectivity index (χ3n) is 2.20. The van der Waals surface area contributed by atoms with E-state index < -0.39 is 6.09 Å². The largest absolute Gasteiger partial charge is 0.465 e. The van der Waals surface area contributed by atoms with Crippen LogP contribution >= 0.6 is 0 Å². The van der Waals surface area contributed by atoms with Gasteiger partial charge in [-0.15, -0.1) is 0 Å². The Balaban J connectivity index is 3.75. The Labute approximate surface area is 97.6 Å². The maximum absolute atomic E-state index is 11.0. The van der Waals surface area contributed by atoms with Crippen molar-refractivity contribution in [2.24, 2.45) is 5.73 Å². The SMILES string of the molecule is CC(C)(C)N(CCCOCCCN)C(=O)O.